The second kappa shape index (κ2) is 8.38. The summed E-state index contributed by atoms with van der Waals surface area (Å²) < 4.78 is 61.3. The minimum absolute atomic E-state index is 0.133. The summed E-state index contributed by atoms with van der Waals surface area (Å²) in [5.74, 6) is 0. The van der Waals surface area contributed by atoms with Crippen molar-refractivity contribution in [3.63, 3.8) is 0 Å². The molecule has 176 valence electrons. The molecular formula is C23H26F6NPS. The van der Waals surface area contributed by atoms with Crippen molar-refractivity contribution in [1.82, 2.24) is 0 Å². The first kappa shape index (κ1) is 26.2. The number of allylic oxidation sites excluding steroid dienone is 9. The Labute approximate surface area is 188 Å². The minimum atomic E-state index is -10.7. The first-order chi connectivity index (χ1) is 14.3. The van der Waals surface area contributed by atoms with Crippen molar-refractivity contribution in [1.29, 1.82) is 0 Å². The van der Waals surface area contributed by atoms with Crippen LogP contribution < -0.4 is 0 Å². The summed E-state index contributed by atoms with van der Waals surface area (Å²) in [6, 6.07) is 10.7. The molecule has 0 fully saturated rings. The second-order valence-corrected chi connectivity index (χ2v) is 11.6. The molecule has 0 saturated carbocycles. The van der Waals surface area contributed by atoms with Gasteiger partial charge in [0.25, 0.3) is 0 Å². The van der Waals surface area contributed by atoms with Crippen molar-refractivity contribution < 1.29 is 29.8 Å². The molecular weight excluding hydrogens is 467 g/mol. The zero-order valence-electron chi connectivity index (χ0n) is 18.4. The summed E-state index contributed by atoms with van der Waals surface area (Å²) in [5.41, 5.74) is 5.19. The van der Waals surface area contributed by atoms with E-state index in [0.717, 1.165) is 0 Å². The van der Waals surface area contributed by atoms with E-state index in [0.29, 0.717) is 0 Å². The zero-order chi connectivity index (χ0) is 24.4. The fraction of sp³-hybridized carbons (Fsp3) is 0.261. The summed E-state index contributed by atoms with van der Waals surface area (Å²) in [4.78, 5) is 2.72. The van der Waals surface area contributed by atoms with Gasteiger partial charge in [-0.25, -0.2) is 4.58 Å². The van der Waals surface area contributed by atoms with Crippen molar-refractivity contribution in [3.05, 3.63) is 87.7 Å². The molecule has 32 heavy (non-hydrogen) atoms. The van der Waals surface area contributed by atoms with Crippen LogP contribution in [0.5, 0.6) is 0 Å². The molecule has 1 nitrogen and oxygen atoms in total. The predicted molar refractivity (Wildman–Crippen MR) is 126 cm³/mol. The van der Waals surface area contributed by atoms with Crippen molar-refractivity contribution in [2.75, 3.05) is 14.1 Å². The molecule has 0 spiro atoms. The maximum atomic E-state index is 9.87. The van der Waals surface area contributed by atoms with Crippen molar-refractivity contribution in [3.8, 4) is 0 Å². The Hall–Kier alpha value is -2.05. The van der Waals surface area contributed by atoms with Crippen LogP contribution >= 0.6 is 19.6 Å². The average molecular weight is 493 g/mol. The molecule has 0 unspecified atom stereocenters. The Balaban J connectivity index is 0.000000451. The number of hydrogen-bond donors (Lipinski definition) is 0. The van der Waals surface area contributed by atoms with E-state index in [1.165, 1.54) is 32.2 Å². The molecule has 0 saturated heterocycles. The number of halogens is 6. The van der Waals surface area contributed by atoms with Gasteiger partial charge in [-0.2, -0.15) is 0 Å². The van der Waals surface area contributed by atoms with Gasteiger partial charge in [-0.1, -0.05) is 62.9 Å². The first-order valence-corrected chi connectivity index (χ1v) is 12.5. The van der Waals surface area contributed by atoms with E-state index in [9.17, 15) is 25.2 Å². The van der Waals surface area contributed by atoms with Gasteiger partial charge in [0.2, 0.25) is 0 Å². The third-order valence-electron chi connectivity index (χ3n) is 4.31. The van der Waals surface area contributed by atoms with Crippen LogP contribution in [-0.4, -0.2) is 24.4 Å². The Kier molecular flexibility index (Phi) is 6.86. The van der Waals surface area contributed by atoms with Crippen LogP contribution in [0.3, 0.4) is 0 Å². The van der Waals surface area contributed by atoms with E-state index in [1.807, 2.05) is 11.8 Å². The third kappa shape index (κ3) is 9.61. The average Bonchev–Trinajstić information content (AvgIpc) is 2.65. The van der Waals surface area contributed by atoms with Gasteiger partial charge in [0.15, 0.2) is 5.71 Å². The van der Waals surface area contributed by atoms with E-state index >= 15 is 0 Å². The number of benzene rings is 1. The molecule has 1 heterocycles. The van der Waals surface area contributed by atoms with Crippen LogP contribution in [0.25, 0.3) is 5.57 Å². The Morgan fingerprint density at radius 3 is 1.72 bits per heavy atom. The number of hydrogen-bond acceptors (Lipinski definition) is 1. The SMILES string of the molecule is C[N+](C)=C1C=CC(=C2C=C(c3ccccc3)C=C(C(C)(C)C)S2)C=C1.F[P-](F)(F)(F)(F)F. The molecule has 0 N–H and O–H groups in total. The molecule has 1 aromatic carbocycles. The van der Waals surface area contributed by atoms with Crippen LogP contribution in [-0.2, 0) is 0 Å². The van der Waals surface area contributed by atoms with Crippen LogP contribution in [0.2, 0.25) is 0 Å². The number of rotatable bonds is 1. The number of thioether (sulfide) groups is 1. The van der Waals surface area contributed by atoms with Crippen LogP contribution in [0.15, 0.2) is 82.2 Å². The summed E-state index contributed by atoms with van der Waals surface area (Å²) >= 11 is 1.89. The molecule has 2 aliphatic rings. The molecule has 1 aromatic rings. The predicted octanol–water partition coefficient (Wildman–Crippen LogP) is 9.22. The third-order valence-corrected chi connectivity index (χ3v) is 5.83. The van der Waals surface area contributed by atoms with Gasteiger partial charge in [0.1, 0.15) is 14.1 Å². The monoisotopic (exact) mass is 493 g/mol. The van der Waals surface area contributed by atoms with E-state index in [-0.39, 0.29) is 5.41 Å². The van der Waals surface area contributed by atoms with Gasteiger partial charge in [0.05, 0.1) is 0 Å². The molecule has 0 atom stereocenters. The van der Waals surface area contributed by atoms with Gasteiger partial charge < -0.3 is 0 Å². The van der Waals surface area contributed by atoms with Crippen molar-refractivity contribution in [2.45, 2.75) is 20.8 Å². The molecule has 3 rings (SSSR count). The fourth-order valence-corrected chi connectivity index (χ4v) is 3.90. The molecule has 0 bridgehead atoms. The number of nitrogens with zero attached hydrogens (tertiary/aromatic N) is 1. The van der Waals surface area contributed by atoms with Gasteiger partial charge in [-0.05, 0) is 51.3 Å². The van der Waals surface area contributed by atoms with Gasteiger partial charge in [-0.15, -0.1) is 0 Å². The van der Waals surface area contributed by atoms with Gasteiger partial charge in [0, 0.05) is 17.1 Å². The molecule has 1 aliphatic heterocycles. The normalized spacial score (nSPS) is 18.8. The summed E-state index contributed by atoms with van der Waals surface area (Å²) in [6.45, 7) is 6.85. The van der Waals surface area contributed by atoms with E-state index in [2.05, 4.69) is 106 Å². The molecule has 1 aliphatic carbocycles. The van der Waals surface area contributed by atoms with Gasteiger partial charge in [-0.3, -0.25) is 0 Å². The van der Waals surface area contributed by atoms with Crippen LogP contribution in [0, 0.1) is 5.41 Å². The van der Waals surface area contributed by atoms with E-state index in [1.54, 1.807) is 0 Å². The maximum absolute atomic E-state index is 10.7. The van der Waals surface area contributed by atoms with E-state index < -0.39 is 7.81 Å². The summed E-state index contributed by atoms with van der Waals surface area (Å²) in [5, 5.41) is 0. The second-order valence-electron chi connectivity index (χ2n) is 8.59. The standard InChI is InChI=1S/C23H26NS.F6P/c1-23(2,3)22-16-19(17-9-7-6-8-10-17)15-21(25-22)18-11-13-20(14-12-18)24(4)5;1-7(2,3,4,5)6/h6-16H,1-5H3;/q+1;-1. The van der Waals surface area contributed by atoms with Crippen molar-refractivity contribution >= 4 is 30.9 Å². The molecule has 9 heteroatoms. The zero-order valence-corrected chi connectivity index (χ0v) is 20.1. The molecule has 0 aromatic heterocycles. The van der Waals surface area contributed by atoms with E-state index in [4.69, 9.17) is 0 Å². The Morgan fingerprint density at radius 1 is 0.781 bits per heavy atom. The summed E-state index contributed by atoms with van der Waals surface area (Å²) in [7, 11) is -6.51. The van der Waals surface area contributed by atoms with Crippen LogP contribution in [0.1, 0.15) is 26.3 Å². The Morgan fingerprint density at radius 2 is 1.28 bits per heavy atom. The molecule has 0 radical (unpaired) electrons. The fourth-order valence-electron chi connectivity index (χ4n) is 2.73. The molecule has 0 amide bonds. The summed E-state index contributed by atoms with van der Waals surface area (Å²) in [6.07, 6.45) is 13.5. The topological polar surface area (TPSA) is 3.01 Å². The van der Waals surface area contributed by atoms with Crippen molar-refractivity contribution in [2.24, 2.45) is 5.41 Å². The van der Waals surface area contributed by atoms with Crippen LogP contribution in [0.4, 0.5) is 25.2 Å². The first-order valence-electron chi connectivity index (χ1n) is 9.68. The van der Waals surface area contributed by atoms with Gasteiger partial charge >= 0.3 is 33.0 Å². The quantitative estimate of drug-likeness (QED) is 0.214. The Bertz CT molecular complexity index is 1030.